The van der Waals surface area contributed by atoms with Gasteiger partial charge in [0.15, 0.2) is 0 Å². The molecule has 0 aliphatic carbocycles. The Morgan fingerprint density at radius 2 is 1.96 bits per heavy atom. The van der Waals surface area contributed by atoms with Gasteiger partial charge in [0.1, 0.15) is 5.75 Å². The van der Waals surface area contributed by atoms with Crippen LogP contribution < -0.4 is 4.74 Å². The van der Waals surface area contributed by atoms with Gasteiger partial charge in [0.25, 0.3) is 0 Å². The molecule has 0 radical (unpaired) electrons. The third kappa shape index (κ3) is 3.86. The summed E-state index contributed by atoms with van der Waals surface area (Å²) in [7, 11) is 1.66. The molecule has 1 aliphatic rings. The monoisotopic (exact) mass is 341 g/mol. The van der Waals surface area contributed by atoms with Crippen LogP contribution in [-0.2, 0) is 11.2 Å². The zero-order valence-electron chi connectivity index (χ0n) is 15.4. The third-order valence-electron chi connectivity index (χ3n) is 5.04. The Morgan fingerprint density at radius 3 is 2.68 bits per heavy atom. The summed E-state index contributed by atoms with van der Waals surface area (Å²) in [6.07, 6.45) is 4.83. The van der Waals surface area contributed by atoms with E-state index in [1.807, 2.05) is 40.8 Å². The fraction of sp³-hybridized carbons (Fsp3) is 0.500. The number of ether oxygens (including phenoxy) is 1. The van der Waals surface area contributed by atoms with Crippen molar-refractivity contribution in [1.82, 2.24) is 14.7 Å². The molecule has 134 valence electrons. The van der Waals surface area contributed by atoms with Gasteiger partial charge in [0, 0.05) is 31.3 Å². The van der Waals surface area contributed by atoms with Crippen LogP contribution in [-0.4, -0.2) is 40.8 Å². The summed E-state index contributed by atoms with van der Waals surface area (Å²) in [5.41, 5.74) is 4.24. The highest BCUT2D eigenvalue weighted by atomic mass is 16.5. The van der Waals surface area contributed by atoms with Crippen LogP contribution in [0.15, 0.2) is 24.3 Å². The number of benzene rings is 1. The molecule has 0 unspecified atom stereocenters. The van der Waals surface area contributed by atoms with Gasteiger partial charge in [0.05, 0.1) is 18.5 Å². The van der Waals surface area contributed by atoms with Crippen molar-refractivity contribution in [3.8, 4) is 11.4 Å². The lowest BCUT2D eigenvalue weighted by Gasteiger charge is -2.26. The number of nitrogens with zero attached hydrogens (tertiary/aromatic N) is 3. The first kappa shape index (κ1) is 17.5. The van der Waals surface area contributed by atoms with Gasteiger partial charge in [-0.25, -0.2) is 4.68 Å². The van der Waals surface area contributed by atoms with Crippen LogP contribution in [0.1, 0.15) is 42.6 Å². The highest BCUT2D eigenvalue weighted by Gasteiger charge is 2.19. The second-order valence-corrected chi connectivity index (χ2v) is 6.70. The Bertz CT molecular complexity index is 745. The lowest BCUT2D eigenvalue weighted by atomic mass is 10.1. The van der Waals surface area contributed by atoms with Crippen LogP contribution in [0.25, 0.3) is 5.69 Å². The van der Waals surface area contributed by atoms with E-state index in [4.69, 9.17) is 4.74 Å². The first-order valence-electron chi connectivity index (χ1n) is 9.07. The van der Waals surface area contributed by atoms with E-state index in [1.54, 1.807) is 7.11 Å². The molecule has 0 spiro atoms. The van der Waals surface area contributed by atoms with Gasteiger partial charge in [-0.05, 0) is 57.2 Å². The molecule has 2 aromatic rings. The fourth-order valence-electron chi connectivity index (χ4n) is 3.56. The van der Waals surface area contributed by atoms with Crippen molar-refractivity contribution in [2.45, 2.75) is 46.0 Å². The smallest absolute Gasteiger partial charge is 0.222 e. The second kappa shape index (κ2) is 7.72. The van der Waals surface area contributed by atoms with Crippen molar-refractivity contribution in [2.75, 3.05) is 20.2 Å². The van der Waals surface area contributed by atoms with E-state index in [0.29, 0.717) is 6.42 Å². The van der Waals surface area contributed by atoms with Crippen LogP contribution >= 0.6 is 0 Å². The molecule has 1 aromatic heterocycles. The van der Waals surface area contributed by atoms with Crippen LogP contribution in [0.5, 0.6) is 5.75 Å². The highest BCUT2D eigenvalue weighted by Crippen LogP contribution is 2.22. The second-order valence-electron chi connectivity index (χ2n) is 6.70. The number of likely N-dealkylation sites (tertiary alicyclic amines) is 1. The van der Waals surface area contributed by atoms with Crippen LogP contribution in [0.3, 0.4) is 0 Å². The number of piperidine rings is 1. The molecule has 1 aromatic carbocycles. The van der Waals surface area contributed by atoms with Gasteiger partial charge in [-0.15, -0.1) is 0 Å². The molecule has 0 bridgehead atoms. The molecular weight excluding hydrogens is 314 g/mol. The van der Waals surface area contributed by atoms with Crippen molar-refractivity contribution in [1.29, 1.82) is 0 Å². The Labute approximate surface area is 149 Å². The number of methoxy groups -OCH3 is 1. The van der Waals surface area contributed by atoms with Crippen LogP contribution in [0.4, 0.5) is 0 Å². The molecule has 1 fully saturated rings. The van der Waals surface area contributed by atoms with Crippen LogP contribution in [0, 0.1) is 13.8 Å². The topological polar surface area (TPSA) is 47.4 Å². The zero-order chi connectivity index (χ0) is 17.8. The Balaban J connectivity index is 1.74. The lowest BCUT2D eigenvalue weighted by Crippen LogP contribution is -2.35. The van der Waals surface area contributed by atoms with Gasteiger partial charge >= 0.3 is 0 Å². The number of aromatic nitrogens is 2. The summed E-state index contributed by atoms with van der Waals surface area (Å²) >= 11 is 0. The summed E-state index contributed by atoms with van der Waals surface area (Å²) in [5.74, 6) is 1.08. The van der Waals surface area contributed by atoms with Crippen molar-refractivity contribution in [3.63, 3.8) is 0 Å². The Hall–Kier alpha value is -2.30. The molecule has 0 saturated carbocycles. The summed E-state index contributed by atoms with van der Waals surface area (Å²) in [4.78, 5) is 14.5. The van der Waals surface area contributed by atoms with Gasteiger partial charge in [-0.3, -0.25) is 4.79 Å². The molecule has 1 aliphatic heterocycles. The number of hydrogen-bond acceptors (Lipinski definition) is 3. The summed E-state index contributed by atoms with van der Waals surface area (Å²) in [6, 6.07) is 7.88. The lowest BCUT2D eigenvalue weighted by molar-refractivity contribution is -0.132. The zero-order valence-corrected chi connectivity index (χ0v) is 15.4. The predicted molar refractivity (Wildman–Crippen MR) is 98.3 cm³/mol. The maximum absolute atomic E-state index is 12.4. The highest BCUT2D eigenvalue weighted by molar-refractivity contribution is 5.76. The first-order chi connectivity index (χ1) is 12.1. The maximum atomic E-state index is 12.4. The number of amides is 1. The van der Waals surface area contributed by atoms with Gasteiger partial charge in [-0.2, -0.15) is 5.10 Å². The number of rotatable bonds is 5. The quantitative estimate of drug-likeness (QED) is 0.837. The number of aryl methyl sites for hydroxylation is 1. The standard InChI is InChI=1S/C20H27N3O2/c1-15-19(10-11-20(24)22-12-5-4-6-13-22)16(2)23(21-15)17-8-7-9-18(14-17)25-3/h7-9,14H,4-6,10-13H2,1-3H3. The van der Waals surface area contributed by atoms with E-state index in [2.05, 4.69) is 12.0 Å². The molecule has 25 heavy (non-hydrogen) atoms. The predicted octanol–water partition coefficient (Wildman–Crippen LogP) is 3.44. The molecule has 0 atom stereocenters. The first-order valence-corrected chi connectivity index (χ1v) is 9.07. The largest absolute Gasteiger partial charge is 0.497 e. The fourth-order valence-corrected chi connectivity index (χ4v) is 3.56. The average molecular weight is 341 g/mol. The van der Waals surface area contributed by atoms with E-state index in [0.717, 1.165) is 55.2 Å². The average Bonchev–Trinajstić information content (AvgIpc) is 2.94. The molecule has 0 N–H and O–H groups in total. The minimum absolute atomic E-state index is 0.271. The van der Waals surface area contributed by atoms with Crippen molar-refractivity contribution >= 4 is 5.91 Å². The van der Waals surface area contributed by atoms with E-state index < -0.39 is 0 Å². The normalized spacial score (nSPS) is 14.6. The summed E-state index contributed by atoms with van der Waals surface area (Å²) in [6.45, 7) is 5.92. The summed E-state index contributed by atoms with van der Waals surface area (Å²) in [5, 5.41) is 4.68. The van der Waals surface area contributed by atoms with Gasteiger partial charge in [-0.1, -0.05) is 6.07 Å². The molecular formula is C20H27N3O2. The van der Waals surface area contributed by atoms with Crippen molar-refractivity contribution in [3.05, 3.63) is 41.2 Å². The van der Waals surface area contributed by atoms with Crippen molar-refractivity contribution in [2.24, 2.45) is 0 Å². The third-order valence-corrected chi connectivity index (χ3v) is 5.04. The molecule has 2 heterocycles. The molecule has 5 heteroatoms. The minimum Gasteiger partial charge on any atom is -0.497 e. The number of carbonyl (C=O) groups excluding carboxylic acids is 1. The molecule has 5 nitrogen and oxygen atoms in total. The van der Waals surface area contributed by atoms with Gasteiger partial charge in [0.2, 0.25) is 5.91 Å². The van der Waals surface area contributed by atoms with Gasteiger partial charge < -0.3 is 9.64 Å². The number of hydrogen-bond donors (Lipinski definition) is 0. The Morgan fingerprint density at radius 1 is 1.20 bits per heavy atom. The SMILES string of the molecule is COc1cccc(-n2nc(C)c(CCC(=O)N3CCCCC3)c2C)c1. The van der Waals surface area contributed by atoms with E-state index in [-0.39, 0.29) is 5.91 Å². The van der Waals surface area contributed by atoms with Crippen molar-refractivity contribution < 1.29 is 9.53 Å². The maximum Gasteiger partial charge on any atom is 0.222 e. The number of carbonyl (C=O) groups is 1. The van der Waals surface area contributed by atoms with Crippen LogP contribution in [0.2, 0.25) is 0 Å². The molecule has 1 amide bonds. The molecule has 1 saturated heterocycles. The van der Waals surface area contributed by atoms with E-state index in [1.165, 1.54) is 12.0 Å². The van der Waals surface area contributed by atoms with E-state index >= 15 is 0 Å². The van der Waals surface area contributed by atoms with E-state index in [9.17, 15) is 4.79 Å². The minimum atomic E-state index is 0.271. The Kier molecular flexibility index (Phi) is 5.41. The molecule has 3 rings (SSSR count). The summed E-state index contributed by atoms with van der Waals surface area (Å²) < 4.78 is 7.25.